The standard InChI is InChI=1S/C18H18N6O2/c25-18(26-12-14-4-2-1-3-5-14)23-7-6-16(10-23)24-11-17(21-22-24)15-8-19-13-20-9-15/h1-5,8-9,11,13,16H,6-7,10,12H2/t16-/m0/s1. The molecule has 0 saturated carbocycles. The quantitative estimate of drug-likeness (QED) is 0.718. The Morgan fingerprint density at radius 1 is 1.19 bits per heavy atom. The van der Waals surface area contributed by atoms with E-state index in [2.05, 4.69) is 20.3 Å². The number of benzene rings is 1. The molecule has 0 aliphatic carbocycles. The zero-order valence-corrected chi connectivity index (χ0v) is 14.1. The molecular formula is C18H18N6O2. The first kappa shape index (κ1) is 16.2. The molecular weight excluding hydrogens is 332 g/mol. The normalized spacial score (nSPS) is 16.6. The van der Waals surface area contributed by atoms with Gasteiger partial charge < -0.3 is 9.64 Å². The number of hydrogen-bond acceptors (Lipinski definition) is 6. The Balaban J connectivity index is 1.35. The van der Waals surface area contributed by atoms with E-state index in [1.54, 1.807) is 22.0 Å². The van der Waals surface area contributed by atoms with Crippen LogP contribution in [-0.2, 0) is 11.3 Å². The first-order valence-corrected chi connectivity index (χ1v) is 8.42. The molecule has 0 radical (unpaired) electrons. The summed E-state index contributed by atoms with van der Waals surface area (Å²) >= 11 is 0. The van der Waals surface area contributed by atoms with Crippen LogP contribution in [0.5, 0.6) is 0 Å². The topological polar surface area (TPSA) is 86.0 Å². The Bertz CT molecular complexity index is 868. The van der Waals surface area contributed by atoms with Crippen LogP contribution in [0.4, 0.5) is 4.79 Å². The summed E-state index contributed by atoms with van der Waals surface area (Å²) in [5.41, 5.74) is 2.51. The van der Waals surface area contributed by atoms with Crippen molar-refractivity contribution in [2.45, 2.75) is 19.1 Å². The van der Waals surface area contributed by atoms with Crippen LogP contribution in [0.2, 0.25) is 0 Å². The largest absolute Gasteiger partial charge is 0.445 e. The molecule has 0 bridgehead atoms. The van der Waals surface area contributed by atoms with Gasteiger partial charge in [0.15, 0.2) is 0 Å². The molecule has 1 amide bonds. The van der Waals surface area contributed by atoms with Crippen LogP contribution in [0, 0.1) is 0 Å². The third-order valence-corrected chi connectivity index (χ3v) is 4.37. The summed E-state index contributed by atoms with van der Waals surface area (Å²) in [6, 6.07) is 9.74. The molecule has 3 heterocycles. The molecule has 1 aromatic carbocycles. The third kappa shape index (κ3) is 3.53. The zero-order valence-electron chi connectivity index (χ0n) is 14.1. The van der Waals surface area contributed by atoms with Gasteiger partial charge in [-0.05, 0) is 12.0 Å². The predicted octanol–water partition coefficient (Wildman–Crippen LogP) is 2.32. The number of carbonyl (C=O) groups is 1. The summed E-state index contributed by atoms with van der Waals surface area (Å²) in [6.07, 6.45) is 7.25. The SMILES string of the molecule is O=C(OCc1ccccc1)N1CC[C@H](n2cc(-c3cncnc3)nn2)C1. The van der Waals surface area contributed by atoms with Crippen molar-refractivity contribution in [1.29, 1.82) is 0 Å². The average molecular weight is 350 g/mol. The van der Waals surface area contributed by atoms with Gasteiger partial charge in [-0.1, -0.05) is 35.5 Å². The molecule has 4 rings (SSSR count). The average Bonchev–Trinajstić information content (AvgIpc) is 3.37. The number of hydrogen-bond donors (Lipinski definition) is 0. The minimum atomic E-state index is -0.298. The molecule has 0 spiro atoms. The number of amides is 1. The van der Waals surface area contributed by atoms with Crippen molar-refractivity contribution >= 4 is 6.09 Å². The van der Waals surface area contributed by atoms with Crippen LogP contribution in [0.3, 0.4) is 0 Å². The maximum absolute atomic E-state index is 12.3. The molecule has 1 fully saturated rings. The lowest BCUT2D eigenvalue weighted by Gasteiger charge is -2.16. The molecule has 1 saturated heterocycles. The molecule has 8 heteroatoms. The number of likely N-dealkylation sites (tertiary alicyclic amines) is 1. The fraction of sp³-hybridized carbons (Fsp3) is 0.278. The van der Waals surface area contributed by atoms with Gasteiger partial charge >= 0.3 is 6.09 Å². The molecule has 26 heavy (non-hydrogen) atoms. The van der Waals surface area contributed by atoms with Gasteiger partial charge in [-0.25, -0.2) is 19.4 Å². The fourth-order valence-electron chi connectivity index (χ4n) is 2.95. The van der Waals surface area contributed by atoms with Crippen LogP contribution in [0.1, 0.15) is 18.0 Å². The van der Waals surface area contributed by atoms with Gasteiger partial charge in [0.1, 0.15) is 18.6 Å². The van der Waals surface area contributed by atoms with Crippen molar-refractivity contribution in [2.24, 2.45) is 0 Å². The van der Waals surface area contributed by atoms with E-state index >= 15 is 0 Å². The van der Waals surface area contributed by atoms with Crippen molar-refractivity contribution in [3.05, 3.63) is 60.8 Å². The van der Waals surface area contributed by atoms with Crippen LogP contribution in [0.25, 0.3) is 11.3 Å². The van der Waals surface area contributed by atoms with Crippen molar-refractivity contribution in [2.75, 3.05) is 13.1 Å². The number of aromatic nitrogens is 5. The smallest absolute Gasteiger partial charge is 0.410 e. The molecule has 1 aliphatic heterocycles. The first-order valence-electron chi connectivity index (χ1n) is 8.42. The molecule has 8 nitrogen and oxygen atoms in total. The Labute approximate surface area is 150 Å². The van der Waals surface area contributed by atoms with Crippen molar-refractivity contribution < 1.29 is 9.53 Å². The van der Waals surface area contributed by atoms with E-state index in [9.17, 15) is 4.79 Å². The van der Waals surface area contributed by atoms with E-state index in [-0.39, 0.29) is 18.7 Å². The summed E-state index contributed by atoms with van der Waals surface area (Å²) in [5, 5.41) is 8.37. The van der Waals surface area contributed by atoms with Crippen LogP contribution in [-0.4, -0.2) is 49.0 Å². The van der Waals surface area contributed by atoms with Crippen LogP contribution < -0.4 is 0 Å². The highest BCUT2D eigenvalue weighted by Crippen LogP contribution is 2.23. The van der Waals surface area contributed by atoms with E-state index in [0.717, 1.165) is 23.2 Å². The van der Waals surface area contributed by atoms with Crippen LogP contribution >= 0.6 is 0 Å². The predicted molar refractivity (Wildman–Crippen MR) is 92.9 cm³/mol. The lowest BCUT2D eigenvalue weighted by molar-refractivity contribution is 0.103. The highest BCUT2D eigenvalue weighted by molar-refractivity contribution is 5.68. The Kier molecular flexibility index (Phi) is 4.55. The first-order chi connectivity index (χ1) is 12.8. The zero-order chi connectivity index (χ0) is 17.8. The van der Waals surface area contributed by atoms with Crippen molar-refractivity contribution in [3.63, 3.8) is 0 Å². The minimum Gasteiger partial charge on any atom is -0.445 e. The summed E-state index contributed by atoms with van der Waals surface area (Å²) in [6.45, 7) is 1.48. The molecule has 132 valence electrons. The lowest BCUT2D eigenvalue weighted by atomic mass is 10.2. The van der Waals surface area contributed by atoms with Gasteiger partial charge in [-0.2, -0.15) is 0 Å². The Morgan fingerprint density at radius 2 is 2.00 bits per heavy atom. The van der Waals surface area contributed by atoms with Gasteiger partial charge in [0.2, 0.25) is 0 Å². The van der Waals surface area contributed by atoms with Gasteiger partial charge in [0.25, 0.3) is 0 Å². The number of nitrogens with zero attached hydrogens (tertiary/aromatic N) is 6. The molecule has 3 aromatic rings. The second kappa shape index (κ2) is 7.30. The highest BCUT2D eigenvalue weighted by atomic mass is 16.6. The van der Waals surface area contributed by atoms with E-state index < -0.39 is 0 Å². The molecule has 1 aliphatic rings. The Morgan fingerprint density at radius 3 is 2.81 bits per heavy atom. The van der Waals surface area contributed by atoms with E-state index in [0.29, 0.717) is 13.1 Å². The maximum atomic E-state index is 12.3. The highest BCUT2D eigenvalue weighted by Gasteiger charge is 2.29. The van der Waals surface area contributed by atoms with Gasteiger partial charge in [0.05, 0.1) is 12.2 Å². The third-order valence-electron chi connectivity index (χ3n) is 4.37. The van der Waals surface area contributed by atoms with E-state index in [1.807, 2.05) is 36.5 Å². The summed E-state index contributed by atoms with van der Waals surface area (Å²) in [7, 11) is 0. The lowest BCUT2D eigenvalue weighted by Crippen LogP contribution is -2.29. The summed E-state index contributed by atoms with van der Waals surface area (Å²) in [4.78, 5) is 22.0. The fourth-order valence-corrected chi connectivity index (χ4v) is 2.95. The van der Waals surface area contributed by atoms with E-state index in [4.69, 9.17) is 4.74 Å². The molecule has 2 aromatic heterocycles. The maximum Gasteiger partial charge on any atom is 0.410 e. The van der Waals surface area contributed by atoms with Gasteiger partial charge in [-0.3, -0.25) is 0 Å². The van der Waals surface area contributed by atoms with Crippen molar-refractivity contribution in [3.8, 4) is 11.3 Å². The van der Waals surface area contributed by atoms with Gasteiger partial charge in [-0.15, -0.1) is 5.10 Å². The van der Waals surface area contributed by atoms with Crippen LogP contribution in [0.15, 0.2) is 55.2 Å². The second-order valence-electron chi connectivity index (χ2n) is 6.14. The summed E-state index contributed by atoms with van der Waals surface area (Å²) < 4.78 is 7.19. The molecule has 0 N–H and O–H groups in total. The van der Waals surface area contributed by atoms with Crippen molar-refractivity contribution in [1.82, 2.24) is 29.9 Å². The molecule has 0 unspecified atom stereocenters. The minimum absolute atomic E-state index is 0.0881. The van der Waals surface area contributed by atoms with E-state index in [1.165, 1.54) is 6.33 Å². The second-order valence-corrected chi connectivity index (χ2v) is 6.14. The number of ether oxygens (including phenoxy) is 1. The summed E-state index contributed by atoms with van der Waals surface area (Å²) in [5.74, 6) is 0. The molecule has 1 atom stereocenters. The number of rotatable bonds is 4. The number of carbonyl (C=O) groups excluding carboxylic acids is 1. The Hall–Kier alpha value is -3.29. The monoisotopic (exact) mass is 350 g/mol. The van der Waals surface area contributed by atoms with Gasteiger partial charge in [0, 0.05) is 31.0 Å².